The van der Waals surface area contributed by atoms with Crippen molar-refractivity contribution in [3.8, 4) is 0 Å². The summed E-state index contributed by atoms with van der Waals surface area (Å²) in [7, 11) is 0. The number of hydrogen-bond donors (Lipinski definition) is 1. The summed E-state index contributed by atoms with van der Waals surface area (Å²) >= 11 is 10.2. The van der Waals surface area contributed by atoms with E-state index in [0.717, 1.165) is 11.8 Å². The van der Waals surface area contributed by atoms with Gasteiger partial charge in [-0.3, -0.25) is 10.1 Å². The van der Waals surface area contributed by atoms with Crippen LogP contribution in [0.4, 0.5) is 5.69 Å². The minimum absolute atomic E-state index is 0.0784. The standard InChI is InChI=1S/C13H7BrClNO4S/c14-9-5-4-7(6-8(9)13(17)18)21-12-10(15)2-1-3-11(12)16(19)20/h1-6H,(H,17,18). The van der Waals surface area contributed by atoms with Crippen LogP contribution in [0, 0.1) is 10.1 Å². The van der Waals surface area contributed by atoms with Crippen LogP contribution in [0.15, 0.2) is 50.7 Å². The molecule has 0 heterocycles. The Morgan fingerprint density at radius 2 is 2.05 bits per heavy atom. The van der Waals surface area contributed by atoms with Gasteiger partial charge in [0.15, 0.2) is 0 Å². The highest BCUT2D eigenvalue weighted by Crippen LogP contribution is 2.40. The number of rotatable bonds is 4. The maximum atomic E-state index is 11.1. The van der Waals surface area contributed by atoms with Crippen LogP contribution in [0.5, 0.6) is 0 Å². The van der Waals surface area contributed by atoms with E-state index in [-0.39, 0.29) is 21.2 Å². The van der Waals surface area contributed by atoms with Crippen LogP contribution < -0.4 is 0 Å². The molecule has 0 radical (unpaired) electrons. The maximum Gasteiger partial charge on any atom is 0.336 e. The third-order valence-corrected chi connectivity index (χ3v) is 4.77. The summed E-state index contributed by atoms with van der Waals surface area (Å²) < 4.78 is 0.438. The highest BCUT2D eigenvalue weighted by atomic mass is 79.9. The van der Waals surface area contributed by atoms with Crippen molar-refractivity contribution in [1.82, 2.24) is 0 Å². The molecule has 0 spiro atoms. The molecule has 2 rings (SSSR count). The number of nitrogens with zero attached hydrogens (tertiary/aromatic N) is 1. The summed E-state index contributed by atoms with van der Waals surface area (Å²) in [6, 6.07) is 9.07. The van der Waals surface area contributed by atoms with Crippen LogP contribution in [0.3, 0.4) is 0 Å². The summed E-state index contributed by atoms with van der Waals surface area (Å²) in [6.45, 7) is 0. The fraction of sp³-hybridized carbons (Fsp3) is 0. The number of aromatic carboxylic acids is 1. The summed E-state index contributed by atoms with van der Waals surface area (Å²) in [5, 5.41) is 20.3. The van der Waals surface area contributed by atoms with E-state index in [2.05, 4.69) is 15.9 Å². The second kappa shape index (κ2) is 6.46. The zero-order chi connectivity index (χ0) is 15.6. The van der Waals surface area contributed by atoms with Crippen molar-refractivity contribution in [3.63, 3.8) is 0 Å². The van der Waals surface area contributed by atoms with Gasteiger partial charge in [0.1, 0.15) is 4.90 Å². The highest BCUT2D eigenvalue weighted by molar-refractivity contribution is 9.10. The smallest absolute Gasteiger partial charge is 0.336 e. The monoisotopic (exact) mass is 387 g/mol. The van der Waals surface area contributed by atoms with E-state index in [9.17, 15) is 14.9 Å². The van der Waals surface area contributed by atoms with Gasteiger partial charge in [0.2, 0.25) is 0 Å². The van der Waals surface area contributed by atoms with Crippen molar-refractivity contribution in [2.45, 2.75) is 9.79 Å². The highest BCUT2D eigenvalue weighted by Gasteiger charge is 2.19. The number of halogens is 2. The Morgan fingerprint density at radius 3 is 2.67 bits per heavy atom. The average Bonchev–Trinajstić information content (AvgIpc) is 2.42. The lowest BCUT2D eigenvalue weighted by atomic mass is 10.2. The van der Waals surface area contributed by atoms with Gasteiger partial charge < -0.3 is 5.11 Å². The molecule has 0 saturated heterocycles. The van der Waals surface area contributed by atoms with Crippen LogP contribution >= 0.6 is 39.3 Å². The molecule has 0 saturated carbocycles. The minimum Gasteiger partial charge on any atom is -0.478 e. The van der Waals surface area contributed by atoms with Gasteiger partial charge in [-0.05, 0) is 40.2 Å². The average molecular weight is 389 g/mol. The number of carboxylic acid groups (broad SMARTS) is 1. The molecule has 2 aromatic carbocycles. The molecule has 108 valence electrons. The van der Waals surface area contributed by atoms with Crippen molar-refractivity contribution in [1.29, 1.82) is 0 Å². The molecule has 1 N–H and O–H groups in total. The maximum absolute atomic E-state index is 11.1. The molecule has 0 aliphatic heterocycles. The molecule has 0 fully saturated rings. The van der Waals surface area contributed by atoms with Gasteiger partial charge >= 0.3 is 5.97 Å². The van der Waals surface area contributed by atoms with E-state index in [1.807, 2.05) is 0 Å². The Balaban J connectivity index is 2.46. The van der Waals surface area contributed by atoms with Gasteiger partial charge in [-0.25, -0.2) is 4.79 Å². The van der Waals surface area contributed by atoms with Gasteiger partial charge in [-0.2, -0.15) is 0 Å². The second-order valence-corrected chi connectivity index (χ2v) is 6.24. The van der Waals surface area contributed by atoms with E-state index < -0.39 is 10.9 Å². The Hall–Kier alpha value is -1.57. The fourth-order valence-electron chi connectivity index (χ4n) is 1.59. The molecule has 0 atom stereocenters. The second-order valence-electron chi connectivity index (χ2n) is 3.89. The van der Waals surface area contributed by atoms with Crippen LogP contribution in [0.25, 0.3) is 0 Å². The number of nitro groups is 1. The third kappa shape index (κ3) is 3.55. The quantitative estimate of drug-likeness (QED) is 0.597. The zero-order valence-corrected chi connectivity index (χ0v) is 13.4. The molecule has 5 nitrogen and oxygen atoms in total. The lowest BCUT2D eigenvalue weighted by Crippen LogP contribution is -1.97. The molecular weight excluding hydrogens is 382 g/mol. The number of benzene rings is 2. The van der Waals surface area contributed by atoms with Crippen molar-refractivity contribution in [2.75, 3.05) is 0 Å². The molecule has 8 heteroatoms. The van der Waals surface area contributed by atoms with Crippen LogP contribution in [0.2, 0.25) is 5.02 Å². The number of carbonyl (C=O) groups is 1. The lowest BCUT2D eigenvalue weighted by molar-refractivity contribution is -0.387. The Morgan fingerprint density at radius 1 is 1.33 bits per heavy atom. The van der Waals surface area contributed by atoms with Gasteiger partial charge in [0, 0.05) is 15.4 Å². The third-order valence-electron chi connectivity index (χ3n) is 2.53. The van der Waals surface area contributed by atoms with E-state index in [0.29, 0.717) is 9.37 Å². The molecule has 0 unspecified atom stereocenters. The molecule has 2 aromatic rings. The van der Waals surface area contributed by atoms with Gasteiger partial charge in [0.05, 0.1) is 15.5 Å². The zero-order valence-electron chi connectivity index (χ0n) is 10.2. The summed E-state index contributed by atoms with van der Waals surface area (Å²) in [5.74, 6) is -1.09. The van der Waals surface area contributed by atoms with E-state index in [1.165, 1.54) is 18.2 Å². The number of carboxylic acids is 1. The topological polar surface area (TPSA) is 80.4 Å². The van der Waals surface area contributed by atoms with Crippen LogP contribution in [0.1, 0.15) is 10.4 Å². The Kier molecular flexibility index (Phi) is 4.87. The van der Waals surface area contributed by atoms with Crippen molar-refractivity contribution in [2.24, 2.45) is 0 Å². The predicted octanol–water partition coefficient (Wildman–Crippen LogP) is 4.86. The SMILES string of the molecule is O=C(O)c1cc(Sc2c(Cl)cccc2[N+](=O)[O-])ccc1Br. The molecule has 0 aliphatic carbocycles. The summed E-state index contributed by atoms with van der Waals surface area (Å²) in [6.07, 6.45) is 0. The first-order valence-corrected chi connectivity index (χ1v) is 7.52. The molecular formula is C13H7BrClNO4S. The largest absolute Gasteiger partial charge is 0.478 e. The van der Waals surface area contributed by atoms with Crippen LogP contribution in [-0.4, -0.2) is 16.0 Å². The van der Waals surface area contributed by atoms with E-state index >= 15 is 0 Å². The molecule has 21 heavy (non-hydrogen) atoms. The van der Waals surface area contributed by atoms with E-state index in [1.54, 1.807) is 18.2 Å². The first-order valence-electron chi connectivity index (χ1n) is 5.53. The van der Waals surface area contributed by atoms with Crippen molar-refractivity contribution < 1.29 is 14.8 Å². The first kappa shape index (κ1) is 15.8. The Labute approximate surface area is 137 Å². The van der Waals surface area contributed by atoms with Crippen molar-refractivity contribution >= 4 is 50.9 Å². The van der Waals surface area contributed by atoms with Crippen molar-refractivity contribution in [3.05, 3.63) is 61.6 Å². The van der Waals surface area contributed by atoms with Gasteiger partial charge in [0.25, 0.3) is 5.69 Å². The van der Waals surface area contributed by atoms with Crippen LogP contribution in [-0.2, 0) is 0 Å². The molecule has 0 amide bonds. The van der Waals surface area contributed by atoms with E-state index in [4.69, 9.17) is 16.7 Å². The van der Waals surface area contributed by atoms with Gasteiger partial charge in [-0.15, -0.1) is 0 Å². The predicted molar refractivity (Wildman–Crippen MR) is 83.3 cm³/mol. The van der Waals surface area contributed by atoms with Gasteiger partial charge in [-0.1, -0.05) is 29.4 Å². The summed E-state index contributed by atoms with van der Waals surface area (Å²) in [4.78, 5) is 22.4. The first-order chi connectivity index (χ1) is 9.90. The Bertz CT molecular complexity index is 738. The normalized spacial score (nSPS) is 10.4. The lowest BCUT2D eigenvalue weighted by Gasteiger charge is -2.07. The fourth-order valence-corrected chi connectivity index (χ4v) is 3.25. The molecule has 0 bridgehead atoms. The summed E-state index contributed by atoms with van der Waals surface area (Å²) in [5.41, 5.74) is -0.0398. The number of nitro benzene ring substituents is 1. The number of hydrogen-bond acceptors (Lipinski definition) is 4. The minimum atomic E-state index is -1.09. The molecule has 0 aromatic heterocycles. The molecule has 0 aliphatic rings.